The van der Waals surface area contributed by atoms with Gasteiger partial charge in [0.25, 0.3) is 0 Å². The summed E-state index contributed by atoms with van der Waals surface area (Å²) in [5.41, 5.74) is 2.64. The third-order valence-corrected chi connectivity index (χ3v) is 6.86. The van der Waals surface area contributed by atoms with E-state index in [0.29, 0.717) is 23.8 Å². The van der Waals surface area contributed by atoms with Gasteiger partial charge in [-0.2, -0.15) is 4.31 Å². The summed E-state index contributed by atoms with van der Waals surface area (Å²) in [5.74, 6) is 0.631. The summed E-state index contributed by atoms with van der Waals surface area (Å²) in [7, 11) is -1.65. The number of sulfonamides is 1. The fourth-order valence-electron chi connectivity index (χ4n) is 3.19. The van der Waals surface area contributed by atoms with Crippen LogP contribution in [0.15, 0.2) is 47.4 Å². The molecule has 0 amide bonds. The highest BCUT2D eigenvalue weighted by atomic mass is 32.2. The number of likely N-dealkylation sites (N-methyl/N-ethyl adjacent to an activating group) is 1. The van der Waals surface area contributed by atoms with Gasteiger partial charge in [0, 0.05) is 25.7 Å². The molecular weight excluding hydrogens is 348 g/mol. The lowest BCUT2D eigenvalue weighted by molar-refractivity contribution is 0.309. The van der Waals surface area contributed by atoms with Gasteiger partial charge in [-0.15, -0.1) is 0 Å². The molecule has 0 aromatic heterocycles. The third kappa shape index (κ3) is 3.57. The molecule has 0 fully saturated rings. The van der Waals surface area contributed by atoms with Crippen LogP contribution in [0.4, 0.5) is 5.69 Å². The number of benzene rings is 2. The Labute approximate surface area is 156 Å². The molecule has 6 heteroatoms. The molecule has 0 aliphatic carbocycles. The Balaban J connectivity index is 2.02. The number of rotatable bonds is 5. The summed E-state index contributed by atoms with van der Waals surface area (Å²) in [4.78, 5) is 2.41. The van der Waals surface area contributed by atoms with Crippen molar-refractivity contribution in [1.82, 2.24) is 4.31 Å². The Morgan fingerprint density at radius 1 is 1.19 bits per heavy atom. The van der Waals surface area contributed by atoms with E-state index in [-0.39, 0.29) is 6.04 Å². The molecule has 5 nitrogen and oxygen atoms in total. The maximum Gasteiger partial charge on any atom is 0.244 e. The molecule has 1 aliphatic rings. The zero-order valence-electron chi connectivity index (χ0n) is 15.8. The first-order valence-electron chi connectivity index (χ1n) is 8.85. The second-order valence-corrected chi connectivity index (χ2v) is 8.84. The van der Waals surface area contributed by atoms with Crippen molar-refractivity contribution in [3.63, 3.8) is 0 Å². The molecule has 0 bridgehead atoms. The second-order valence-electron chi connectivity index (χ2n) is 6.99. The predicted molar refractivity (Wildman–Crippen MR) is 104 cm³/mol. The summed E-state index contributed by atoms with van der Waals surface area (Å²) in [6.07, 6.45) is 0. The van der Waals surface area contributed by atoms with Gasteiger partial charge in [0.05, 0.1) is 17.1 Å². The van der Waals surface area contributed by atoms with Gasteiger partial charge in [-0.05, 0) is 38.0 Å². The maximum absolute atomic E-state index is 13.4. The standard InChI is InChI=1S/C20H26N2O3S/c1-15(2)22(14-17-8-6-5-7-9-17)26(23,24)20-13-19-18(12-16(20)3)21(4)10-11-25-19/h5-9,12-13,15H,10-11,14H2,1-4H3. The van der Waals surface area contributed by atoms with Crippen molar-refractivity contribution in [2.75, 3.05) is 25.1 Å². The first kappa shape index (κ1) is 18.7. The fraction of sp³-hybridized carbons (Fsp3) is 0.400. The number of hydrogen-bond acceptors (Lipinski definition) is 4. The van der Waals surface area contributed by atoms with Gasteiger partial charge in [0.2, 0.25) is 10.0 Å². The number of ether oxygens (including phenoxy) is 1. The Morgan fingerprint density at radius 3 is 2.54 bits per heavy atom. The highest BCUT2D eigenvalue weighted by Crippen LogP contribution is 2.36. The van der Waals surface area contributed by atoms with Crippen molar-refractivity contribution in [3.05, 3.63) is 53.6 Å². The van der Waals surface area contributed by atoms with Gasteiger partial charge in [0.1, 0.15) is 12.4 Å². The van der Waals surface area contributed by atoms with E-state index in [1.807, 2.05) is 64.2 Å². The van der Waals surface area contributed by atoms with Crippen LogP contribution in [0.25, 0.3) is 0 Å². The molecule has 0 radical (unpaired) electrons. The van der Waals surface area contributed by atoms with Gasteiger partial charge < -0.3 is 9.64 Å². The number of aryl methyl sites for hydroxylation is 1. The van der Waals surface area contributed by atoms with Crippen molar-refractivity contribution < 1.29 is 13.2 Å². The minimum absolute atomic E-state index is 0.153. The molecule has 0 N–H and O–H groups in total. The number of fused-ring (bicyclic) bond motifs is 1. The first-order valence-corrected chi connectivity index (χ1v) is 10.3. The summed E-state index contributed by atoms with van der Waals surface area (Å²) in [5, 5.41) is 0. The zero-order valence-corrected chi connectivity index (χ0v) is 16.6. The molecule has 2 aromatic carbocycles. The topological polar surface area (TPSA) is 49.9 Å². The summed E-state index contributed by atoms with van der Waals surface area (Å²) in [6, 6.07) is 13.1. The lowest BCUT2D eigenvalue weighted by atomic mass is 10.1. The molecule has 26 heavy (non-hydrogen) atoms. The molecule has 1 aliphatic heterocycles. The van der Waals surface area contributed by atoms with Gasteiger partial charge in [-0.1, -0.05) is 30.3 Å². The zero-order chi connectivity index (χ0) is 18.9. The minimum atomic E-state index is -3.65. The van der Waals surface area contributed by atoms with Gasteiger partial charge >= 0.3 is 0 Å². The average molecular weight is 375 g/mol. The Morgan fingerprint density at radius 2 is 1.88 bits per heavy atom. The van der Waals surface area contributed by atoms with E-state index < -0.39 is 10.0 Å². The number of anilines is 1. The smallest absolute Gasteiger partial charge is 0.244 e. The predicted octanol–water partition coefficient (Wildman–Crippen LogP) is 3.42. The van der Waals surface area contributed by atoms with Crippen molar-refractivity contribution in [1.29, 1.82) is 0 Å². The van der Waals surface area contributed by atoms with Crippen LogP contribution in [-0.2, 0) is 16.6 Å². The second kappa shape index (κ2) is 7.29. The van der Waals surface area contributed by atoms with E-state index in [1.54, 1.807) is 10.4 Å². The molecule has 0 atom stereocenters. The van der Waals surface area contributed by atoms with Crippen LogP contribution >= 0.6 is 0 Å². The van der Waals surface area contributed by atoms with E-state index in [2.05, 4.69) is 4.90 Å². The largest absolute Gasteiger partial charge is 0.490 e. The van der Waals surface area contributed by atoms with Gasteiger partial charge in [-0.25, -0.2) is 8.42 Å². The normalized spacial score (nSPS) is 14.5. The highest BCUT2D eigenvalue weighted by Gasteiger charge is 2.30. The fourth-order valence-corrected chi connectivity index (χ4v) is 5.04. The minimum Gasteiger partial charge on any atom is -0.490 e. The van der Waals surface area contributed by atoms with Crippen LogP contribution in [0, 0.1) is 6.92 Å². The Bertz CT molecular complexity index is 879. The number of hydrogen-bond donors (Lipinski definition) is 0. The summed E-state index contributed by atoms with van der Waals surface area (Å²) < 4.78 is 34.1. The molecular formula is C20H26N2O3S. The van der Waals surface area contributed by atoms with Crippen molar-refractivity contribution >= 4 is 15.7 Å². The van der Waals surface area contributed by atoms with Crippen LogP contribution in [0.5, 0.6) is 5.75 Å². The van der Waals surface area contributed by atoms with Crippen molar-refractivity contribution in [3.8, 4) is 5.75 Å². The van der Waals surface area contributed by atoms with Crippen molar-refractivity contribution in [2.24, 2.45) is 0 Å². The molecule has 0 spiro atoms. The highest BCUT2D eigenvalue weighted by molar-refractivity contribution is 7.89. The summed E-state index contributed by atoms with van der Waals surface area (Å²) >= 11 is 0. The van der Waals surface area contributed by atoms with E-state index in [1.165, 1.54) is 0 Å². The Hall–Kier alpha value is -2.05. The number of nitrogens with zero attached hydrogens (tertiary/aromatic N) is 2. The monoisotopic (exact) mass is 374 g/mol. The first-order chi connectivity index (χ1) is 12.3. The lowest BCUT2D eigenvalue weighted by Gasteiger charge is -2.30. The molecule has 0 saturated carbocycles. The molecule has 2 aromatic rings. The van der Waals surface area contributed by atoms with Crippen LogP contribution in [0.3, 0.4) is 0 Å². The molecule has 0 saturated heterocycles. The average Bonchev–Trinajstić information content (AvgIpc) is 2.60. The molecule has 3 rings (SSSR count). The van der Waals surface area contributed by atoms with E-state index in [4.69, 9.17) is 4.74 Å². The molecule has 1 heterocycles. The van der Waals surface area contributed by atoms with Crippen molar-refractivity contribution in [2.45, 2.75) is 38.3 Å². The van der Waals surface area contributed by atoms with E-state index >= 15 is 0 Å². The van der Waals surface area contributed by atoms with E-state index in [0.717, 1.165) is 23.4 Å². The third-order valence-electron chi connectivity index (χ3n) is 4.70. The quantitative estimate of drug-likeness (QED) is 0.805. The van der Waals surface area contributed by atoms with Crippen LogP contribution in [0.2, 0.25) is 0 Å². The lowest BCUT2D eigenvalue weighted by Crippen LogP contribution is -2.37. The van der Waals surface area contributed by atoms with Gasteiger partial charge in [0.15, 0.2) is 0 Å². The molecule has 140 valence electrons. The van der Waals surface area contributed by atoms with Gasteiger partial charge in [-0.3, -0.25) is 0 Å². The van der Waals surface area contributed by atoms with Crippen LogP contribution in [-0.4, -0.2) is 39.0 Å². The molecule has 0 unspecified atom stereocenters. The van der Waals surface area contributed by atoms with Crippen LogP contribution < -0.4 is 9.64 Å². The Kier molecular flexibility index (Phi) is 5.25. The maximum atomic E-state index is 13.4. The SMILES string of the molecule is Cc1cc2c(cc1S(=O)(=O)N(Cc1ccccc1)C(C)C)OCCN2C. The van der Waals surface area contributed by atoms with E-state index in [9.17, 15) is 8.42 Å². The van der Waals surface area contributed by atoms with Crippen LogP contribution in [0.1, 0.15) is 25.0 Å². The summed E-state index contributed by atoms with van der Waals surface area (Å²) in [6.45, 7) is 7.35.